The molecule has 0 unspecified atom stereocenters. The lowest BCUT2D eigenvalue weighted by molar-refractivity contribution is 0.0972. The zero-order valence-corrected chi connectivity index (χ0v) is 12.9. The molecule has 0 atom stereocenters. The molecule has 0 saturated heterocycles. The van der Waals surface area contributed by atoms with Gasteiger partial charge in [-0.3, -0.25) is 9.59 Å². The van der Waals surface area contributed by atoms with Crippen LogP contribution >= 0.6 is 11.6 Å². The maximum Gasteiger partial charge on any atom is 0.193 e. The summed E-state index contributed by atoms with van der Waals surface area (Å²) < 4.78 is 13.4. The Morgan fingerprint density at radius 2 is 2.00 bits per heavy atom. The highest BCUT2D eigenvalue weighted by Crippen LogP contribution is 2.30. The van der Waals surface area contributed by atoms with Gasteiger partial charge in [0, 0.05) is 28.5 Å². The van der Waals surface area contributed by atoms with Gasteiger partial charge in [-0.05, 0) is 50.1 Å². The molecule has 114 valence electrons. The summed E-state index contributed by atoms with van der Waals surface area (Å²) in [6.07, 6.45) is 1.65. The van der Waals surface area contributed by atoms with Crippen molar-refractivity contribution < 1.29 is 14.0 Å². The van der Waals surface area contributed by atoms with Crippen molar-refractivity contribution in [1.82, 2.24) is 0 Å². The van der Waals surface area contributed by atoms with Crippen molar-refractivity contribution in [3.8, 4) is 0 Å². The third-order valence-corrected chi connectivity index (χ3v) is 3.50. The van der Waals surface area contributed by atoms with Gasteiger partial charge < -0.3 is 5.73 Å². The van der Waals surface area contributed by atoms with E-state index in [1.165, 1.54) is 18.3 Å². The average molecular weight is 321 g/mol. The number of benzene rings is 1. The fraction of sp³-hybridized carbons (Fsp3) is 0.188. The third kappa shape index (κ3) is 3.14. The molecule has 6 heteroatoms. The zero-order chi connectivity index (χ0) is 16.4. The second-order valence-electron chi connectivity index (χ2n) is 5.06. The summed E-state index contributed by atoms with van der Waals surface area (Å²) in [5.41, 5.74) is 6.96. The largest absolute Gasteiger partial charge is 0.374 e. The van der Waals surface area contributed by atoms with Crippen LogP contribution in [0.3, 0.4) is 0 Å². The Hall–Kier alpha value is -2.27. The van der Waals surface area contributed by atoms with Gasteiger partial charge in [0.25, 0.3) is 0 Å². The number of hydrogen-bond acceptors (Lipinski definition) is 3. The molecule has 0 spiro atoms. The number of carbonyl (C=O) groups is 2. The van der Waals surface area contributed by atoms with Gasteiger partial charge in [0.2, 0.25) is 0 Å². The summed E-state index contributed by atoms with van der Waals surface area (Å²) in [5.74, 6) is -1.16. The van der Waals surface area contributed by atoms with Gasteiger partial charge in [0.15, 0.2) is 16.9 Å². The predicted molar refractivity (Wildman–Crippen MR) is 83.6 cm³/mol. The first kappa shape index (κ1) is 16.1. The molecule has 1 aromatic rings. The Labute approximate surface area is 132 Å². The number of fused-ring (bicyclic) bond motifs is 1. The summed E-state index contributed by atoms with van der Waals surface area (Å²) >= 11 is 5.44. The highest BCUT2D eigenvalue weighted by Gasteiger charge is 2.30. The van der Waals surface area contributed by atoms with E-state index in [1.807, 2.05) is 0 Å². The quantitative estimate of drug-likeness (QED) is 0.527. The number of hydrogen-bond donors (Lipinski definition) is 1. The Morgan fingerprint density at radius 1 is 1.32 bits per heavy atom. The number of carbonyl (C=O) groups excluding carboxylic acids is 2. The van der Waals surface area contributed by atoms with Crippen LogP contribution in [0.5, 0.6) is 0 Å². The fourth-order valence-corrected chi connectivity index (χ4v) is 2.33. The van der Waals surface area contributed by atoms with Crippen molar-refractivity contribution in [1.29, 1.82) is 0 Å². The molecule has 1 aromatic carbocycles. The Kier molecular flexibility index (Phi) is 4.56. The van der Waals surface area contributed by atoms with Crippen LogP contribution in [0.25, 0.3) is 0 Å². The molecular weight excluding hydrogens is 307 g/mol. The minimum Gasteiger partial charge on any atom is -0.374 e. The first-order valence-electron chi connectivity index (χ1n) is 6.54. The van der Waals surface area contributed by atoms with E-state index in [1.54, 1.807) is 13.8 Å². The van der Waals surface area contributed by atoms with E-state index < -0.39 is 5.82 Å². The number of nitrogens with two attached hydrogens (primary N) is 1. The van der Waals surface area contributed by atoms with Gasteiger partial charge >= 0.3 is 0 Å². The molecular formula is C16H14ClFN2O2. The SMILES string of the molecule is CC1=C(C/C(C)=C/N=C(N)Cl)C(=O)c2cc(F)ccc2C1=O. The fourth-order valence-electron chi connectivity index (χ4n) is 2.28. The number of nitrogens with zero attached hydrogens (tertiary/aromatic N) is 1. The molecule has 0 bridgehead atoms. The van der Waals surface area contributed by atoms with Crippen molar-refractivity contribution in [2.24, 2.45) is 10.7 Å². The van der Waals surface area contributed by atoms with Crippen LogP contribution in [0.2, 0.25) is 0 Å². The lowest BCUT2D eigenvalue weighted by atomic mass is 9.82. The highest BCUT2D eigenvalue weighted by atomic mass is 35.5. The van der Waals surface area contributed by atoms with Gasteiger partial charge in [-0.25, -0.2) is 9.38 Å². The summed E-state index contributed by atoms with van der Waals surface area (Å²) in [6, 6.07) is 3.60. The molecule has 1 aliphatic carbocycles. The van der Waals surface area contributed by atoms with Crippen LogP contribution in [-0.4, -0.2) is 16.9 Å². The minimum absolute atomic E-state index is 0.0961. The summed E-state index contributed by atoms with van der Waals surface area (Å²) in [4.78, 5) is 28.6. The van der Waals surface area contributed by atoms with E-state index in [0.717, 1.165) is 6.07 Å². The van der Waals surface area contributed by atoms with Gasteiger partial charge in [-0.15, -0.1) is 0 Å². The smallest absolute Gasteiger partial charge is 0.193 e. The topological polar surface area (TPSA) is 72.5 Å². The lowest BCUT2D eigenvalue weighted by Crippen LogP contribution is -2.21. The van der Waals surface area contributed by atoms with Crippen LogP contribution in [0.4, 0.5) is 4.39 Å². The van der Waals surface area contributed by atoms with Crippen LogP contribution < -0.4 is 5.73 Å². The Morgan fingerprint density at radius 3 is 2.64 bits per heavy atom. The predicted octanol–water partition coefficient (Wildman–Crippen LogP) is 3.37. The molecule has 0 amide bonds. The van der Waals surface area contributed by atoms with Gasteiger partial charge in [-0.2, -0.15) is 0 Å². The Balaban J connectivity index is 2.42. The first-order chi connectivity index (χ1) is 10.3. The first-order valence-corrected chi connectivity index (χ1v) is 6.92. The molecule has 0 aromatic heterocycles. The van der Waals surface area contributed by atoms with E-state index in [4.69, 9.17) is 17.3 Å². The zero-order valence-electron chi connectivity index (χ0n) is 12.1. The highest BCUT2D eigenvalue weighted by molar-refractivity contribution is 6.64. The molecule has 0 saturated carbocycles. The maximum absolute atomic E-state index is 13.4. The van der Waals surface area contributed by atoms with Gasteiger partial charge in [0.05, 0.1) is 0 Å². The third-order valence-electron chi connectivity index (χ3n) is 3.40. The van der Waals surface area contributed by atoms with Crippen LogP contribution in [-0.2, 0) is 0 Å². The van der Waals surface area contributed by atoms with E-state index in [9.17, 15) is 14.0 Å². The van der Waals surface area contributed by atoms with E-state index >= 15 is 0 Å². The van der Waals surface area contributed by atoms with E-state index in [-0.39, 0.29) is 34.4 Å². The second-order valence-corrected chi connectivity index (χ2v) is 5.44. The van der Waals surface area contributed by atoms with Crippen LogP contribution in [0.1, 0.15) is 41.0 Å². The Bertz CT molecular complexity index is 759. The molecule has 22 heavy (non-hydrogen) atoms. The normalized spacial score (nSPS) is 16.2. The van der Waals surface area contributed by atoms with Crippen molar-refractivity contribution >= 4 is 28.5 Å². The number of ketones is 2. The van der Waals surface area contributed by atoms with E-state index in [0.29, 0.717) is 16.7 Å². The molecule has 2 rings (SSSR count). The number of rotatable bonds is 3. The van der Waals surface area contributed by atoms with Gasteiger partial charge in [0.1, 0.15) is 5.82 Å². The van der Waals surface area contributed by atoms with Crippen molar-refractivity contribution in [3.05, 3.63) is 58.1 Å². The molecule has 0 radical (unpaired) electrons. The van der Waals surface area contributed by atoms with Crippen LogP contribution in [0, 0.1) is 5.82 Å². The maximum atomic E-state index is 13.4. The number of Topliss-reactive ketones (excluding diaryl/α,β-unsaturated/α-hetero) is 2. The lowest BCUT2D eigenvalue weighted by Gasteiger charge is -2.19. The molecule has 0 fully saturated rings. The molecule has 2 N–H and O–H groups in total. The summed E-state index contributed by atoms with van der Waals surface area (Å²) in [6.45, 7) is 3.33. The van der Waals surface area contributed by atoms with Gasteiger partial charge in [-0.1, -0.05) is 5.57 Å². The van der Waals surface area contributed by atoms with Crippen molar-refractivity contribution in [2.45, 2.75) is 20.3 Å². The van der Waals surface area contributed by atoms with Crippen molar-refractivity contribution in [3.63, 3.8) is 0 Å². The average Bonchev–Trinajstić information content (AvgIpc) is 2.47. The monoisotopic (exact) mass is 320 g/mol. The number of aliphatic imine (C=N–C) groups is 1. The summed E-state index contributed by atoms with van der Waals surface area (Å²) in [7, 11) is 0. The minimum atomic E-state index is -0.550. The second kappa shape index (κ2) is 6.23. The molecule has 4 nitrogen and oxygen atoms in total. The standard InChI is InChI=1S/C16H14ClFN2O2/c1-8(7-20-16(17)19)5-12-9(2)14(21)11-4-3-10(18)6-13(11)15(12)22/h3-4,6-7H,5H2,1-2H3,(H2,19,20)/b8-7+. The number of halogens is 2. The molecule has 0 aliphatic heterocycles. The summed E-state index contributed by atoms with van der Waals surface area (Å²) in [5, 5.41) is -0.122. The molecule has 0 heterocycles. The van der Waals surface area contributed by atoms with Crippen LogP contribution in [0.15, 0.2) is 46.1 Å². The number of allylic oxidation sites excluding steroid dienone is 3. The number of amidine groups is 1. The van der Waals surface area contributed by atoms with E-state index in [2.05, 4.69) is 4.99 Å². The van der Waals surface area contributed by atoms with Crippen molar-refractivity contribution in [2.75, 3.05) is 0 Å². The molecule has 1 aliphatic rings.